The van der Waals surface area contributed by atoms with Crippen LogP contribution in [0.5, 0.6) is 0 Å². The molecule has 1 aromatic heterocycles. The number of methoxy groups -OCH3 is 1. The molecular weight excluding hydrogens is 345 g/mol. The smallest absolute Gasteiger partial charge is 0.143 e. The number of aromatic nitrogens is 2. The summed E-state index contributed by atoms with van der Waals surface area (Å²) in [5.41, 5.74) is 0. The van der Waals surface area contributed by atoms with Gasteiger partial charge >= 0.3 is 0 Å². The van der Waals surface area contributed by atoms with Gasteiger partial charge in [-0.2, -0.15) is 0 Å². The maximum Gasteiger partial charge on any atom is 0.143 e. The Hall–Kier alpha value is -0.470. The summed E-state index contributed by atoms with van der Waals surface area (Å²) in [6, 6.07) is 0. The van der Waals surface area contributed by atoms with E-state index in [1.807, 2.05) is 6.20 Å². The molecule has 1 heterocycles. The second-order valence-electron chi connectivity index (χ2n) is 3.76. The molecule has 0 radical (unpaired) electrons. The largest absolute Gasteiger partial charge is 0.382 e. The lowest BCUT2D eigenvalue weighted by Crippen LogP contribution is -2.10. The molecule has 0 bridgehead atoms. The zero-order valence-electron chi connectivity index (χ0n) is 10.9. The molecular formula is C12H20IN3O2. The van der Waals surface area contributed by atoms with Crippen LogP contribution in [-0.2, 0) is 15.9 Å². The van der Waals surface area contributed by atoms with Crippen LogP contribution in [-0.4, -0.2) is 43.4 Å². The highest BCUT2D eigenvalue weighted by molar-refractivity contribution is 14.1. The Kier molecular flexibility index (Phi) is 8.19. The van der Waals surface area contributed by atoms with E-state index in [0.717, 1.165) is 34.6 Å². The molecule has 0 aliphatic heterocycles. The van der Waals surface area contributed by atoms with Crippen LogP contribution in [0.25, 0.3) is 0 Å². The molecule has 0 saturated carbocycles. The maximum absolute atomic E-state index is 5.40. The van der Waals surface area contributed by atoms with Crippen molar-refractivity contribution in [2.45, 2.75) is 19.8 Å². The molecule has 1 rings (SSSR count). The number of anilines is 1. The Bertz CT molecular complexity index is 350. The molecule has 102 valence electrons. The molecule has 0 aliphatic carbocycles. The minimum absolute atomic E-state index is 0.613. The molecule has 0 saturated heterocycles. The van der Waals surface area contributed by atoms with Gasteiger partial charge in [-0.15, -0.1) is 0 Å². The highest BCUT2D eigenvalue weighted by Gasteiger charge is 2.04. The SMILES string of the molecule is CCCNc1nc(CCOCCOC)ncc1I. The van der Waals surface area contributed by atoms with E-state index >= 15 is 0 Å². The zero-order valence-corrected chi connectivity index (χ0v) is 13.1. The average Bonchev–Trinajstić information content (AvgIpc) is 2.39. The predicted octanol–water partition coefficient (Wildman–Crippen LogP) is 2.11. The summed E-state index contributed by atoms with van der Waals surface area (Å²) in [6.07, 6.45) is 3.65. The quantitative estimate of drug-likeness (QED) is 0.537. The van der Waals surface area contributed by atoms with E-state index in [4.69, 9.17) is 9.47 Å². The lowest BCUT2D eigenvalue weighted by molar-refractivity contribution is 0.0716. The Morgan fingerprint density at radius 3 is 2.89 bits per heavy atom. The maximum atomic E-state index is 5.40. The van der Waals surface area contributed by atoms with E-state index in [2.05, 4.69) is 44.8 Å². The van der Waals surface area contributed by atoms with Gasteiger partial charge in [0.25, 0.3) is 0 Å². The first-order valence-electron chi connectivity index (χ1n) is 6.10. The van der Waals surface area contributed by atoms with Crippen LogP contribution in [0.15, 0.2) is 6.20 Å². The van der Waals surface area contributed by atoms with E-state index in [1.165, 1.54) is 0 Å². The molecule has 0 spiro atoms. The molecule has 0 amide bonds. The lowest BCUT2D eigenvalue weighted by atomic mass is 10.4. The molecule has 1 aromatic rings. The second kappa shape index (κ2) is 9.46. The minimum atomic E-state index is 0.613. The number of nitrogens with zero attached hydrogens (tertiary/aromatic N) is 2. The summed E-state index contributed by atoms with van der Waals surface area (Å²) < 4.78 is 11.4. The number of hydrogen-bond acceptors (Lipinski definition) is 5. The molecule has 0 aromatic carbocycles. The van der Waals surface area contributed by atoms with Crippen LogP contribution in [0.1, 0.15) is 19.2 Å². The normalized spacial score (nSPS) is 10.6. The van der Waals surface area contributed by atoms with Crippen LogP contribution in [0.2, 0.25) is 0 Å². The van der Waals surface area contributed by atoms with Gasteiger partial charge in [0.1, 0.15) is 11.6 Å². The van der Waals surface area contributed by atoms with E-state index in [-0.39, 0.29) is 0 Å². The highest BCUT2D eigenvalue weighted by atomic mass is 127. The number of hydrogen-bond donors (Lipinski definition) is 1. The van der Waals surface area contributed by atoms with E-state index in [0.29, 0.717) is 19.8 Å². The van der Waals surface area contributed by atoms with Gasteiger partial charge in [-0.1, -0.05) is 6.92 Å². The summed E-state index contributed by atoms with van der Waals surface area (Å²) in [7, 11) is 1.66. The summed E-state index contributed by atoms with van der Waals surface area (Å²) in [5.74, 6) is 1.73. The van der Waals surface area contributed by atoms with Gasteiger partial charge in [0.05, 0.1) is 23.4 Å². The Morgan fingerprint density at radius 1 is 1.33 bits per heavy atom. The number of rotatable bonds is 9. The average molecular weight is 365 g/mol. The Morgan fingerprint density at radius 2 is 2.17 bits per heavy atom. The fourth-order valence-electron chi connectivity index (χ4n) is 1.30. The molecule has 5 nitrogen and oxygen atoms in total. The van der Waals surface area contributed by atoms with Crippen molar-refractivity contribution in [1.82, 2.24) is 9.97 Å². The van der Waals surface area contributed by atoms with E-state index in [1.54, 1.807) is 7.11 Å². The zero-order chi connectivity index (χ0) is 13.2. The van der Waals surface area contributed by atoms with Crippen LogP contribution < -0.4 is 5.32 Å². The fraction of sp³-hybridized carbons (Fsp3) is 0.667. The summed E-state index contributed by atoms with van der Waals surface area (Å²) in [4.78, 5) is 8.78. The van der Waals surface area contributed by atoms with Gasteiger partial charge in [0.15, 0.2) is 0 Å². The fourth-order valence-corrected chi connectivity index (χ4v) is 1.75. The third-order valence-electron chi connectivity index (χ3n) is 2.24. The van der Waals surface area contributed by atoms with Crippen LogP contribution in [0.4, 0.5) is 5.82 Å². The van der Waals surface area contributed by atoms with Crippen LogP contribution >= 0.6 is 22.6 Å². The molecule has 1 N–H and O–H groups in total. The van der Waals surface area contributed by atoms with Gasteiger partial charge in [0.2, 0.25) is 0 Å². The van der Waals surface area contributed by atoms with Gasteiger partial charge < -0.3 is 14.8 Å². The molecule has 6 heteroatoms. The van der Waals surface area contributed by atoms with E-state index in [9.17, 15) is 0 Å². The van der Waals surface area contributed by atoms with Gasteiger partial charge in [0, 0.05) is 26.3 Å². The number of nitrogens with one attached hydrogen (secondary N) is 1. The summed E-state index contributed by atoms with van der Waals surface area (Å²) in [5, 5.41) is 3.29. The Balaban J connectivity index is 2.40. The van der Waals surface area contributed by atoms with Crippen molar-refractivity contribution < 1.29 is 9.47 Å². The van der Waals surface area contributed by atoms with Crippen molar-refractivity contribution in [3.63, 3.8) is 0 Å². The number of ether oxygens (including phenoxy) is 2. The van der Waals surface area contributed by atoms with E-state index < -0.39 is 0 Å². The third-order valence-corrected chi connectivity index (χ3v) is 3.03. The topological polar surface area (TPSA) is 56.3 Å². The van der Waals surface area contributed by atoms with Gasteiger partial charge in [-0.05, 0) is 29.0 Å². The monoisotopic (exact) mass is 365 g/mol. The molecule has 0 unspecified atom stereocenters. The van der Waals surface area contributed by atoms with Gasteiger partial charge in [-0.3, -0.25) is 0 Å². The van der Waals surface area contributed by atoms with Crippen molar-refractivity contribution >= 4 is 28.4 Å². The first-order chi connectivity index (χ1) is 8.77. The second-order valence-corrected chi connectivity index (χ2v) is 4.93. The van der Waals surface area contributed by atoms with Crippen molar-refractivity contribution in [2.75, 3.05) is 38.8 Å². The first-order valence-corrected chi connectivity index (χ1v) is 7.17. The highest BCUT2D eigenvalue weighted by Crippen LogP contribution is 2.14. The van der Waals surface area contributed by atoms with Crippen LogP contribution in [0.3, 0.4) is 0 Å². The standard InChI is InChI=1S/C12H20IN3O2/c1-3-5-14-12-10(13)9-15-11(16-12)4-6-18-8-7-17-2/h9H,3-8H2,1-2H3,(H,14,15,16). The lowest BCUT2D eigenvalue weighted by Gasteiger charge is -2.08. The van der Waals surface area contributed by atoms with Crippen molar-refractivity contribution in [2.24, 2.45) is 0 Å². The molecule has 18 heavy (non-hydrogen) atoms. The number of halogens is 1. The van der Waals surface area contributed by atoms with Crippen molar-refractivity contribution in [3.8, 4) is 0 Å². The summed E-state index contributed by atoms with van der Waals surface area (Å²) in [6.45, 7) is 4.91. The molecule has 0 fully saturated rings. The van der Waals surface area contributed by atoms with Crippen LogP contribution in [0, 0.1) is 3.57 Å². The van der Waals surface area contributed by atoms with Crippen molar-refractivity contribution in [3.05, 3.63) is 15.6 Å². The Labute approximate surface area is 122 Å². The van der Waals surface area contributed by atoms with Crippen molar-refractivity contribution in [1.29, 1.82) is 0 Å². The predicted molar refractivity (Wildman–Crippen MR) is 79.9 cm³/mol. The van der Waals surface area contributed by atoms with Gasteiger partial charge in [-0.25, -0.2) is 9.97 Å². The first kappa shape index (κ1) is 15.6. The summed E-state index contributed by atoms with van der Waals surface area (Å²) >= 11 is 2.24. The third kappa shape index (κ3) is 5.92. The molecule has 0 atom stereocenters. The minimum Gasteiger partial charge on any atom is -0.382 e. The molecule has 0 aliphatic rings.